The molecule has 0 N–H and O–H groups in total. The fourth-order valence-corrected chi connectivity index (χ4v) is 2.26. The lowest BCUT2D eigenvalue weighted by Gasteiger charge is -2.02. The fourth-order valence-electron chi connectivity index (χ4n) is 2.10. The molecule has 0 saturated carbocycles. The minimum atomic E-state index is -0.109. The molecule has 96 valence electrons. The third kappa shape index (κ3) is 1.86. The van der Waals surface area contributed by atoms with Crippen LogP contribution in [0.15, 0.2) is 18.2 Å². The van der Waals surface area contributed by atoms with Crippen molar-refractivity contribution in [2.24, 2.45) is 0 Å². The number of fused-ring (bicyclic) bond motifs is 2. The first-order valence-electron chi connectivity index (χ1n) is 5.95. The van der Waals surface area contributed by atoms with E-state index in [1.54, 1.807) is 18.2 Å². The van der Waals surface area contributed by atoms with Gasteiger partial charge >= 0.3 is 0 Å². The zero-order chi connectivity index (χ0) is 13.6. The second-order valence-corrected chi connectivity index (χ2v) is 4.68. The molecule has 0 bridgehead atoms. The first-order chi connectivity index (χ1) is 9.10. The lowest BCUT2D eigenvalue weighted by Crippen LogP contribution is -2.10. The van der Waals surface area contributed by atoms with Crippen molar-refractivity contribution in [1.29, 1.82) is 0 Å². The Kier molecular flexibility index (Phi) is 2.71. The summed E-state index contributed by atoms with van der Waals surface area (Å²) >= 11 is 5.94. The van der Waals surface area contributed by atoms with Crippen molar-refractivity contribution >= 4 is 39.8 Å². The molecule has 3 rings (SSSR count). The van der Waals surface area contributed by atoms with Crippen LogP contribution in [0.25, 0.3) is 22.3 Å². The predicted octanol–water partition coefficient (Wildman–Crippen LogP) is 2.86. The molecule has 0 aliphatic heterocycles. The second-order valence-electron chi connectivity index (χ2n) is 4.24. The highest BCUT2D eigenvalue weighted by molar-refractivity contribution is 6.31. The molecule has 2 aromatic heterocycles. The molecule has 19 heavy (non-hydrogen) atoms. The number of rotatable bonds is 1. The molecule has 0 fully saturated rings. The van der Waals surface area contributed by atoms with Crippen LogP contribution in [0, 0.1) is 0 Å². The van der Waals surface area contributed by atoms with E-state index in [2.05, 4.69) is 15.0 Å². The topological polar surface area (TPSA) is 60.7 Å². The van der Waals surface area contributed by atoms with Gasteiger partial charge in [0, 0.05) is 18.4 Å². The van der Waals surface area contributed by atoms with Gasteiger partial charge in [-0.2, -0.15) is 0 Å². The van der Waals surface area contributed by atoms with Crippen molar-refractivity contribution < 1.29 is 4.79 Å². The van der Waals surface area contributed by atoms with Crippen molar-refractivity contribution in [3.8, 4) is 0 Å². The molecule has 5 nitrogen and oxygen atoms in total. The molecule has 3 aromatic rings. The number of carbonyl (C=O) groups excluding carboxylic acids is 1. The van der Waals surface area contributed by atoms with Crippen molar-refractivity contribution in [3.63, 3.8) is 0 Å². The summed E-state index contributed by atoms with van der Waals surface area (Å²) in [5, 5.41) is 0.600. The van der Waals surface area contributed by atoms with Crippen LogP contribution in [-0.4, -0.2) is 25.4 Å². The van der Waals surface area contributed by atoms with E-state index >= 15 is 0 Å². The van der Waals surface area contributed by atoms with Crippen LogP contribution in [0.4, 0.5) is 0 Å². The number of imidazole rings is 1. The van der Waals surface area contributed by atoms with E-state index in [0.29, 0.717) is 39.6 Å². The zero-order valence-electron chi connectivity index (χ0n) is 10.5. The third-order valence-electron chi connectivity index (χ3n) is 2.93. The summed E-state index contributed by atoms with van der Waals surface area (Å²) in [4.78, 5) is 25.0. The van der Waals surface area contributed by atoms with Crippen LogP contribution >= 0.6 is 11.6 Å². The van der Waals surface area contributed by atoms with E-state index in [9.17, 15) is 4.79 Å². The molecule has 0 aliphatic carbocycles. The number of nitrogens with zero attached hydrogens (tertiary/aromatic N) is 4. The minimum absolute atomic E-state index is 0.109. The molecule has 0 spiro atoms. The molecule has 0 unspecified atom stereocenters. The molecule has 1 aromatic carbocycles. The minimum Gasteiger partial charge on any atom is -0.274 e. The Labute approximate surface area is 114 Å². The van der Waals surface area contributed by atoms with Crippen LogP contribution < -0.4 is 0 Å². The molecular weight excluding hydrogens is 264 g/mol. The van der Waals surface area contributed by atoms with Gasteiger partial charge in [0.05, 0.1) is 11.0 Å². The highest BCUT2D eigenvalue weighted by Gasteiger charge is 2.15. The van der Waals surface area contributed by atoms with Gasteiger partial charge in [-0.25, -0.2) is 19.5 Å². The Morgan fingerprint density at radius 3 is 2.74 bits per heavy atom. The van der Waals surface area contributed by atoms with Gasteiger partial charge in [-0.1, -0.05) is 18.5 Å². The highest BCUT2D eigenvalue weighted by Crippen LogP contribution is 2.20. The number of aromatic nitrogens is 4. The Morgan fingerprint density at radius 1 is 1.26 bits per heavy atom. The van der Waals surface area contributed by atoms with Gasteiger partial charge in [0.2, 0.25) is 5.91 Å². The summed E-state index contributed by atoms with van der Waals surface area (Å²) in [6.45, 7) is 3.44. The molecule has 6 heteroatoms. The van der Waals surface area contributed by atoms with Gasteiger partial charge in [-0.05, 0) is 18.2 Å². The van der Waals surface area contributed by atoms with Gasteiger partial charge < -0.3 is 0 Å². The van der Waals surface area contributed by atoms with Crippen LogP contribution in [0.5, 0.6) is 0 Å². The summed E-state index contributed by atoms with van der Waals surface area (Å²) in [7, 11) is 0. The van der Waals surface area contributed by atoms with E-state index in [1.165, 1.54) is 11.5 Å². The average molecular weight is 275 g/mol. The Balaban J connectivity index is 2.42. The van der Waals surface area contributed by atoms with Crippen molar-refractivity contribution in [1.82, 2.24) is 19.5 Å². The molecule has 0 amide bonds. The largest absolute Gasteiger partial charge is 0.274 e. The van der Waals surface area contributed by atoms with Crippen LogP contribution in [0.3, 0.4) is 0 Å². The standard InChI is InChI=1S/C13H11ClN4O/c1-3-11-17-12-13(18(11)7(2)19)16-9-5-4-8(14)6-10(9)15-12/h4-6H,3H2,1-2H3. The predicted molar refractivity (Wildman–Crippen MR) is 73.5 cm³/mol. The smallest absolute Gasteiger partial charge is 0.230 e. The van der Waals surface area contributed by atoms with E-state index in [0.717, 1.165) is 0 Å². The maximum absolute atomic E-state index is 11.7. The third-order valence-corrected chi connectivity index (χ3v) is 3.16. The number of aryl methyl sites for hydroxylation is 1. The summed E-state index contributed by atoms with van der Waals surface area (Å²) in [6.07, 6.45) is 0.648. The monoisotopic (exact) mass is 274 g/mol. The van der Waals surface area contributed by atoms with E-state index < -0.39 is 0 Å². The summed E-state index contributed by atoms with van der Waals surface area (Å²) in [6, 6.07) is 5.27. The molecule has 0 radical (unpaired) electrons. The number of halogens is 1. The number of hydrogen-bond donors (Lipinski definition) is 0. The first kappa shape index (κ1) is 12.0. The average Bonchev–Trinajstić information content (AvgIpc) is 2.73. The lowest BCUT2D eigenvalue weighted by atomic mass is 10.3. The number of carbonyl (C=O) groups is 1. The Morgan fingerprint density at radius 2 is 2.05 bits per heavy atom. The Bertz CT molecular complexity index is 809. The zero-order valence-corrected chi connectivity index (χ0v) is 11.3. The summed E-state index contributed by atoms with van der Waals surface area (Å²) in [5.74, 6) is 0.561. The van der Waals surface area contributed by atoms with E-state index in [-0.39, 0.29) is 5.91 Å². The lowest BCUT2D eigenvalue weighted by molar-refractivity contribution is 0.0937. The second kappa shape index (κ2) is 4.28. The quantitative estimate of drug-likeness (QED) is 0.684. The molecule has 0 saturated heterocycles. The van der Waals surface area contributed by atoms with E-state index in [4.69, 9.17) is 11.6 Å². The molecule has 0 aliphatic rings. The summed E-state index contributed by atoms with van der Waals surface area (Å²) < 4.78 is 1.51. The van der Waals surface area contributed by atoms with Gasteiger partial charge in [-0.15, -0.1) is 0 Å². The van der Waals surface area contributed by atoms with Gasteiger partial charge in [0.25, 0.3) is 0 Å². The van der Waals surface area contributed by atoms with Crippen LogP contribution in [0.1, 0.15) is 24.5 Å². The maximum Gasteiger partial charge on any atom is 0.230 e. The SMILES string of the molecule is CCc1nc2nc3cc(Cl)ccc3nc2n1C(C)=O. The number of hydrogen-bond acceptors (Lipinski definition) is 4. The highest BCUT2D eigenvalue weighted by atomic mass is 35.5. The van der Waals surface area contributed by atoms with Crippen molar-refractivity contribution in [2.45, 2.75) is 20.3 Å². The number of benzene rings is 1. The van der Waals surface area contributed by atoms with Gasteiger partial charge in [0.15, 0.2) is 11.3 Å². The van der Waals surface area contributed by atoms with Crippen LogP contribution in [-0.2, 0) is 6.42 Å². The van der Waals surface area contributed by atoms with Crippen LogP contribution in [0.2, 0.25) is 5.02 Å². The van der Waals surface area contributed by atoms with Crippen molar-refractivity contribution in [2.75, 3.05) is 0 Å². The van der Waals surface area contributed by atoms with Crippen molar-refractivity contribution in [3.05, 3.63) is 29.0 Å². The Hall–Kier alpha value is -2.01. The molecular formula is C13H11ClN4O. The van der Waals surface area contributed by atoms with Gasteiger partial charge in [0.1, 0.15) is 5.82 Å². The fraction of sp³-hybridized carbons (Fsp3) is 0.231. The van der Waals surface area contributed by atoms with E-state index in [1.807, 2.05) is 6.92 Å². The normalized spacial score (nSPS) is 11.3. The molecule has 2 heterocycles. The first-order valence-corrected chi connectivity index (χ1v) is 6.33. The summed E-state index contributed by atoms with van der Waals surface area (Å²) in [5.41, 5.74) is 2.35. The maximum atomic E-state index is 11.7. The van der Waals surface area contributed by atoms with Gasteiger partial charge in [-0.3, -0.25) is 4.79 Å². The molecule has 0 atom stereocenters.